The molecule has 0 fully saturated rings. The van der Waals surface area contributed by atoms with Crippen molar-refractivity contribution in [2.24, 2.45) is 10.9 Å². The second kappa shape index (κ2) is 4.55. The average Bonchev–Trinajstić information content (AvgIpc) is 2.16. The van der Waals surface area contributed by atoms with Crippen LogP contribution in [0.3, 0.4) is 0 Å². The molecule has 14 heavy (non-hydrogen) atoms. The van der Waals surface area contributed by atoms with Crippen molar-refractivity contribution in [2.45, 2.75) is 13.5 Å². The number of benzene rings is 1. The molecule has 1 aromatic carbocycles. The molecule has 0 aliphatic carbocycles. The van der Waals surface area contributed by atoms with E-state index in [1.54, 1.807) is 19.1 Å². The molecule has 0 saturated carbocycles. The van der Waals surface area contributed by atoms with Gasteiger partial charge in [-0.3, -0.25) is 0 Å². The molecular weight excluding hydrogens is 190 g/mol. The molecule has 0 heterocycles. The first kappa shape index (κ1) is 10.4. The summed E-state index contributed by atoms with van der Waals surface area (Å²) < 4.78 is 27.9. The van der Waals surface area contributed by atoms with Crippen LogP contribution in [0.4, 0.5) is 8.78 Å². The van der Waals surface area contributed by atoms with Gasteiger partial charge in [-0.1, -0.05) is 12.1 Å². The predicted octanol–water partition coefficient (Wildman–Crippen LogP) is 1.97. The lowest BCUT2D eigenvalue weighted by atomic mass is 10.1. The Hall–Kier alpha value is -1.65. The molecule has 0 unspecified atom stereocenters. The summed E-state index contributed by atoms with van der Waals surface area (Å²) in [4.78, 5) is 0. The standard InChI is InChI=1S/C9H10F2N2O/c1-6(13-12)7-3-2-4-8(5-7)14-9(10)11/h2-5,9H,12H2,1H3/b13-6-. The molecule has 0 spiro atoms. The molecule has 0 radical (unpaired) electrons. The number of hydrogen-bond donors (Lipinski definition) is 1. The number of rotatable bonds is 3. The molecule has 0 aliphatic heterocycles. The Morgan fingerprint density at radius 3 is 2.79 bits per heavy atom. The van der Waals surface area contributed by atoms with Crippen molar-refractivity contribution < 1.29 is 13.5 Å². The monoisotopic (exact) mass is 200 g/mol. The Morgan fingerprint density at radius 2 is 2.21 bits per heavy atom. The van der Waals surface area contributed by atoms with E-state index >= 15 is 0 Å². The van der Waals surface area contributed by atoms with E-state index in [0.717, 1.165) is 0 Å². The van der Waals surface area contributed by atoms with Crippen LogP contribution in [-0.4, -0.2) is 12.3 Å². The van der Waals surface area contributed by atoms with Gasteiger partial charge in [-0.05, 0) is 19.1 Å². The van der Waals surface area contributed by atoms with Crippen LogP contribution in [0.1, 0.15) is 12.5 Å². The summed E-state index contributed by atoms with van der Waals surface area (Å²) in [7, 11) is 0. The van der Waals surface area contributed by atoms with E-state index in [1.807, 2.05) is 0 Å². The number of nitrogens with zero attached hydrogens (tertiary/aromatic N) is 1. The molecule has 0 bridgehead atoms. The van der Waals surface area contributed by atoms with Crippen LogP contribution >= 0.6 is 0 Å². The molecule has 1 aromatic rings. The summed E-state index contributed by atoms with van der Waals surface area (Å²) in [6.07, 6.45) is 0. The molecule has 3 nitrogen and oxygen atoms in total. The van der Waals surface area contributed by atoms with Crippen LogP contribution in [-0.2, 0) is 0 Å². The highest BCUT2D eigenvalue weighted by Crippen LogP contribution is 2.16. The zero-order valence-corrected chi connectivity index (χ0v) is 7.58. The van der Waals surface area contributed by atoms with Gasteiger partial charge in [-0.2, -0.15) is 13.9 Å². The topological polar surface area (TPSA) is 47.6 Å². The average molecular weight is 200 g/mol. The molecule has 76 valence electrons. The Kier molecular flexibility index (Phi) is 3.39. The highest BCUT2D eigenvalue weighted by Gasteiger charge is 2.05. The Labute approximate surface area is 80.2 Å². The fraction of sp³-hybridized carbons (Fsp3) is 0.222. The van der Waals surface area contributed by atoms with Gasteiger partial charge in [-0.15, -0.1) is 0 Å². The number of nitrogens with two attached hydrogens (primary N) is 1. The SMILES string of the molecule is C/C(=N/N)c1cccc(OC(F)F)c1. The van der Waals surface area contributed by atoms with Crippen molar-refractivity contribution in [2.75, 3.05) is 0 Å². The van der Waals surface area contributed by atoms with Crippen LogP contribution < -0.4 is 10.6 Å². The lowest BCUT2D eigenvalue weighted by molar-refractivity contribution is -0.0498. The largest absolute Gasteiger partial charge is 0.435 e. The maximum atomic E-state index is 11.9. The van der Waals surface area contributed by atoms with E-state index in [4.69, 9.17) is 5.84 Å². The summed E-state index contributed by atoms with van der Waals surface area (Å²) in [5, 5.41) is 3.45. The van der Waals surface area contributed by atoms with Crippen LogP contribution in [0.25, 0.3) is 0 Å². The summed E-state index contributed by atoms with van der Waals surface area (Å²) in [5.41, 5.74) is 1.22. The highest BCUT2D eigenvalue weighted by molar-refractivity contribution is 5.98. The lowest BCUT2D eigenvalue weighted by Gasteiger charge is -2.05. The van der Waals surface area contributed by atoms with E-state index < -0.39 is 6.61 Å². The third-order valence-electron chi connectivity index (χ3n) is 1.67. The van der Waals surface area contributed by atoms with Crippen LogP contribution in [0.2, 0.25) is 0 Å². The maximum Gasteiger partial charge on any atom is 0.387 e. The Bertz CT molecular complexity index is 339. The maximum absolute atomic E-state index is 11.9. The van der Waals surface area contributed by atoms with Crippen molar-refractivity contribution in [3.63, 3.8) is 0 Å². The molecule has 0 atom stereocenters. The second-order valence-electron chi connectivity index (χ2n) is 2.62. The highest BCUT2D eigenvalue weighted by atomic mass is 19.3. The first-order valence-corrected chi connectivity index (χ1v) is 3.93. The molecule has 0 aromatic heterocycles. The fourth-order valence-corrected chi connectivity index (χ4v) is 0.972. The van der Waals surface area contributed by atoms with Crippen molar-refractivity contribution in [3.05, 3.63) is 29.8 Å². The van der Waals surface area contributed by atoms with Crippen LogP contribution in [0.15, 0.2) is 29.4 Å². The van der Waals surface area contributed by atoms with E-state index in [1.165, 1.54) is 12.1 Å². The number of ether oxygens (including phenoxy) is 1. The minimum Gasteiger partial charge on any atom is -0.435 e. The van der Waals surface area contributed by atoms with Crippen LogP contribution in [0, 0.1) is 0 Å². The molecule has 5 heteroatoms. The Morgan fingerprint density at radius 1 is 1.50 bits per heavy atom. The van der Waals surface area contributed by atoms with Gasteiger partial charge in [-0.25, -0.2) is 0 Å². The van der Waals surface area contributed by atoms with Gasteiger partial charge in [0.25, 0.3) is 0 Å². The third kappa shape index (κ3) is 2.69. The summed E-state index contributed by atoms with van der Waals surface area (Å²) in [6, 6.07) is 6.21. The third-order valence-corrected chi connectivity index (χ3v) is 1.67. The number of alkyl halides is 2. The lowest BCUT2D eigenvalue weighted by Crippen LogP contribution is -2.04. The fourth-order valence-electron chi connectivity index (χ4n) is 0.972. The normalized spacial score (nSPS) is 11.9. The van der Waals surface area contributed by atoms with Gasteiger partial charge in [0.2, 0.25) is 0 Å². The smallest absolute Gasteiger partial charge is 0.387 e. The van der Waals surface area contributed by atoms with E-state index in [2.05, 4.69) is 9.84 Å². The van der Waals surface area contributed by atoms with E-state index in [-0.39, 0.29) is 5.75 Å². The van der Waals surface area contributed by atoms with Crippen molar-refractivity contribution >= 4 is 5.71 Å². The van der Waals surface area contributed by atoms with Gasteiger partial charge in [0.15, 0.2) is 0 Å². The predicted molar refractivity (Wildman–Crippen MR) is 49.5 cm³/mol. The van der Waals surface area contributed by atoms with Crippen molar-refractivity contribution in [1.82, 2.24) is 0 Å². The zero-order valence-electron chi connectivity index (χ0n) is 7.58. The van der Waals surface area contributed by atoms with Crippen molar-refractivity contribution in [1.29, 1.82) is 0 Å². The first-order valence-electron chi connectivity index (χ1n) is 3.93. The minimum atomic E-state index is -2.82. The zero-order chi connectivity index (χ0) is 10.6. The molecule has 0 aliphatic rings. The summed E-state index contributed by atoms with van der Waals surface area (Å²) in [6.45, 7) is -1.14. The van der Waals surface area contributed by atoms with E-state index in [0.29, 0.717) is 11.3 Å². The van der Waals surface area contributed by atoms with Crippen molar-refractivity contribution in [3.8, 4) is 5.75 Å². The van der Waals surface area contributed by atoms with Gasteiger partial charge in [0, 0.05) is 5.56 Å². The van der Waals surface area contributed by atoms with E-state index in [9.17, 15) is 8.78 Å². The number of halogens is 2. The van der Waals surface area contributed by atoms with Gasteiger partial charge in [0.05, 0.1) is 5.71 Å². The van der Waals surface area contributed by atoms with Gasteiger partial charge < -0.3 is 10.6 Å². The second-order valence-corrected chi connectivity index (χ2v) is 2.62. The molecule has 1 rings (SSSR count). The molecule has 0 amide bonds. The first-order chi connectivity index (χ1) is 6.63. The van der Waals surface area contributed by atoms with Crippen LogP contribution in [0.5, 0.6) is 5.75 Å². The summed E-state index contributed by atoms with van der Waals surface area (Å²) in [5.74, 6) is 5.15. The number of hydrazone groups is 1. The van der Waals surface area contributed by atoms with Gasteiger partial charge >= 0.3 is 6.61 Å². The number of hydrogen-bond acceptors (Lipinski definition) is 3. The molecule has 0 saturated heterocycles. The van der Waals surface area contributed by atoms with Gasteiger partial charge in [0.1, 0.15) is 5.75 Å². The minimum absolute atomic E-state index is 0.0977. The summed E-state index contributed by atoms with van der Waals surface area (Å²) >= 11 is 0. The Balaban J connectivity index is 2.90. The quantitative estimate of drug-likeness (QED) is 0.460. The molecule has 2 N–H and O–H groups in total. The molecular formula is C9H10F2N2O.